The summed E-state index contributed by atoms with van der Waals surface area (Å²) in [5.41, 5.74) is 4.57. The van der Waals surface area contributed by atoms with Crippen LogP contribution in [0.1, 0.15) is 5.56 Å². The van der Waals surface area contributed by atoms with E-state index in [1.54, 1.807) is 0 Å². The normalized spacial score (nSPS) is 18.5. The molecule has 4 rings (SSSR count). The first-order valence-corrected chi connectivity index (χ1v) is 9.28. The van der Waals surface area contributed by atoms with Crippen molar-refractivity contribution in [2.45, 2.75) is 0 Å². The highest BCUT2D eigenvalue weighted by Crippen LogP contribution is 2.21. The zero-order chi connectivity index (χ0) is 17.6. The number of benzene rings is 2. The molecule has 2 heterocycles. The van der Waals surface area contributed by atoms with E-state index in [9.17, 15) is 0 Å². The van der Waals surface area contributed by atoms with Gasteiger partial charge in [-0.25, -0.2) is 0 Å². The van der Waals surface area contributed by atoms with Gasteiger partial charge in [0.1, 0.15) is 0 Å². The Morgan fingerprint density at radius 3 is 1.62 bits per heavy atom. The van der Waals surface area contributed by atoms with Gasteiger partial charge in [0.05, 0.1) is 32.1 Å². The zero-order valence-electron chi connectivity index (χ0n) is 15.0. The van der Waals surface area contributed by atoms with Gasteiger partial charge in [0, 0.05) is 43.8 Å². The maximum absolute atomic E-state index is 5.41. The third-order valence-electron chi connectivity index (χ3n) is 4.86. The molecule has 0 spiro atoms. The summed E-state index contributed by atoms with van der Waals surface area (Å²) in [5, 5.41) is 0. The summed E-state index contributed by atoms with van der Waals surface area (Å²) in [6.07, 6.45) is 1.92. The van der Waals surface area contributed by atoms with Crippen molar-refractivity contribution in [1.29, 1.82) is 0 Å². The summed E-state index contributed by atoms with van der Waals surface area (Å²) >= 11 is 0. The molecule has 2 fully saturated rings. The second kappa shape index (κ2) is 8.34. The number of nitrogens with zero attached hydrogens (tertiary/aromatic N) is 3. The summed E-state index contributed by atoms with van der Waals surface area (Å²) in [4.78, 5) is 9.31. The predicted octanol–water partition coefficient (Wildman–Crippen LogP) is 3.11. The third-order valence-corrected chi connectivity index (χ3v) is 4.86. The predicted molar refractivity (Wildman–Crippen MR) is 106 cm³/mol. The van der Waals surface area contributed by atoms with Gasteiger partial charge < -0.3 is 19.3 Å². The van der Waals surface area contributed by atoms with E-state index in [2.05, 4.69) is 63.3 Å². The van der Waals surface area contributed by atoms with Gasteiger partial charge in [-0.15, -0.1) is 0 Å². The Morgan fingerprint density at radius 2 is 1.12 bits per heavy atom. The van der Waals surface area contributed by atoms with E-state index in [1.165, 1.54) is 11.4 Å². The van der Waals surface area contributed by atoms with Crippen LogP contribution in [0.5, 0.6) is 0 Å². The van der Waals surface area contributed by atoms with E-state index in [1.807, 2.05) is 6.21 Å². The second-order valence-corrected chi connectivity index (χ2v) is 6.56. The molecule has 5 nitrogen and oxygen atoms in total. The van der Waals surface area contributed by atoms with Gasteiger partial charge >= 0.3 is 0 Å². The number of ether oxygens (including phenoxy) is 2. The topological polar surface area (TPSA) is 37.3 Å². The molecule has 0 saturated carbocycles. The Hall–Kier alpha value is -2.37. The lowest BCUT2D eigenvalue weighted by Gasteiger charge is -2.28. The lowest BCUT2D eigenvalue weighted by Crippen LogP contribution is -2.36. The van der Waals surface area contributed by atoms with Crippen molar-refractivity contribution in [2.24, 2.45) is 4.99 Å². The smallest absolute Gasteiger partial charge is 0.0642 e. The molecule has 2 aromatic rings. The first-order chi connectivity index (χ1) is 12.9. The van der Waals surface area contributed by atoms with Crippen LogP contribution in [0.2, 0.25) is 0 Å². The maximum atomic E-state index is 5.41. The van der Waals surface area contributed by atoms with Crippen LogP contribution in [0, 0.1) is 0 Å². The highest BCUT2D eigenvalue weighted by atomic mass is 16.5. The average Bonchev–Trinajstić information content (AvgIpc) is 2.74. The maximum Gasteiger partial charge on any atom is 0.0642 e. The number of anilines is 2. The van der Waals surface area contributed by atoms with Crippen LogP contribution in [-0.4, -0.2) is 58.8 Å². The fraction of sp³-hybridized carbons (Fsp3) is 0.381. The van der Waals surface area contributed by atoms with Crippen LogP contribution in [-0.2, 0) is 9.47 Å². The number of hydrogen-bond acceptors (Lipinski definition) is 5. The molecule has 0 radical (unpaired) electrons. The first-order valence-electron chi connectivity index (χ1n) is 9.28. The minimum absolute atomic E-state index is 0.806. The second-order valence-electron chi connectivity index (χ2n) is 6.56. The number of morpholine rings is 2. The van der Waals surface area contributed by atoms with Crippen LogP contribution in [0.4, 0.5) is 17.1 Å². The number of rotatable bonds is 4. The summed E-state index contributed by atoms with van der Waals surface area (Å²) in [7, 11) is 0. The van der Waals surface area contributed by atoms with E-state index >= 15 is 0 Å². The number of aliphatic imine (C=N–C) groups is 1. The highest BCUT2D eigenvalue weighted by Gasteiger charge is 2.11. The molecular weight excluding hydrogens is 326 g/mol. The molecule has 0 N–H and O–H groups in total. The molecule has 2 aliphatic rings. The van der Waals surface area contributed by atoms with Crippen molar-refractivity contribution in [2.75, 3.05) is 62.4 Å². The largest absolute Gasteiger partial charge is 0.378 e. The Bertz CT molecular complexity index is 652. The molecule has 136 valence electrons. The van der Waals surface area contributed by atoms with E-state index in [0.29, 0.717) is 0 Å². The Balaban J connectivity index is 1.37. The molecule has 2 saturated heterocycles. The summed E-state index contributed by atoms with van der Waals surface area (Å²) in [6, 6.07) is 17.0. The molecule has 0 aromatic heterocycles. The molecule has 26 heavy (non-hydrogen) atoms. The molecule has 2 aromatic carbocycles. The van der Waals surface area contributed by atoms with Gasteiger partial charge in [-0.1, -0.05) is 12.1 Å². The Morgan fingerprint density at radius 1 is 0.654 bits per heavy atom. The van der Waals surface area contributed by atoms with E-state index in [4.69, 9.17) is 9.47 Å². The highest BCUT2D eigenvalue weighted by molar-refractivity contribution is 5.82. The third kappa shape index (κ3) is 4.23. The van der Waals surface area contributed by atoms with Gasteiger partial charge in [-0.3, -0.25) is 4.99 Å². The first kappa shape index (κ1) is 17.1. The average molecular weight is 351 g/mol. The molecule has 0 amide bonds. The molecular formula is C21H25N3O2. The van der Waals surface area contributed by atoms with Crippen molar-refractivity contribution >= 4 is 23.3 Å². The SMILES string of the molecule is C(=Nc1ccc(N2CCOCC2)cc1)c1ccc(N2CCOCC2)cc1. The van der Waals surface area contributed by atoms with Crippen molar-refractivity contribution in [3.05, 3.63) is 54.1 Å². The van der Waals surface area contributed by atoms with E-state index in [0.717, 1.165) is 63.9 Å². The van der Waals surface area contributed by atoms with Crippen LogP contribution in [0.15, 0.2) is 53.5 Å². The van der Waals surface area contributed by atoms with Crippen LogP contribution < -0.4 is 9.80 Å². The van der Waals surface area contributed by atoms with Crippen LogP contribution in [0.3, 0.4) is 0 Å². The van der Waals surface area contributed by atoms with Crippen molar-refractivity contribution in [1.82, 2.24) is 0 Å². The quantitative estimate of drug-likeness (QED) is 0.793. The van der Waals surface area contributed by atoms with E-state index in [-0.39, 0.29) is 0 Å². The standard InChI is InChI=1S/C21H25N3O2/c1-5-20(23-9-13-25-14-10-23)6-2-18(1)17-22-19-3-7-21(8-4-19)24-11-15-26-16-12-24/h1-8,17H,9-16H2. The number of hydrogen-bond donors (Lipinski definition) is 0. The molecule has 0 aliphatic carbocycles. The Kier molecular flexibility index (Phi) is 5.47. The van der Waals surface area contributed by atoms with Crippen molar-refractivity contribution in [3.63, 3.8) is 0 Å². The Labute approximate surface area is 154 Å². The van der Waals surface area contributed by atoms with Crippen molar-refractivity contribution in [3.8, 4) is 0 Å². The summed E-state index contributed by atoms with van der Waals surface area (Å²) < 4.78 is 10.8. The zero-order valence-corrected chi connectivity index (χ0v) is 15.0. The summed E-state index contributed by atoms with van der Waals surface area (Å²) in [6.45, 7) is 7.07. The van der Waals surface area contributed by atoms with E-state index < -0.39 is 0 Å². The lowest BCUT2D eigenvalue weighted by molar-refractivity contribution is 0.122. The van der Waals surface area contributed by atoms with Gasteiger partial charge in [0.25, 0.3) is 0 Å². The summed E-state index contributed by atoms with van der Waals surface area (Å²) in [5.74, 6) is 0. The molecule has 0 unspecified atom stereocenters. The monoisotopic (exact) mass is 351 g/mol. The fourth-order valence-corrected chi connectivity index (χ4v) is 3.31. The van der Waals surface area contributed by atoms with Gasteiger partial charge in [0.15, 0.2) is 0 Å². The fourth-order valence-electron chi connectivity index (χ4n) is 3.31. The van der Waals surface area contributed by atoms with Crippen LogP contribution in [0.25, 0.3) is 0 Å². The van der Waals surface area contributed by atoms with Gasteiger partial charge in [-0.05, 0) is 42.0 Å². The minimum Gasteiger partial charge on any atom is -0.378 e. The lowest BCUT2D eigenvalue weighted by atomic mass is 10.2. The molecule has 5 heteroatoms. The minimum atomic E-state index is 0.806. The van der Waals surface area contributed by atoms with Gasteiger partial charge in [-0.2, -0.15) is 0 Å². The van der Waals surface area contributed by atoms with Gasteiger partial charge in [0.2, 0.25) is 0 Å². The molecule has 0 atom stereocenters. The van der Waals surface area contributed by atoms with Crippen molar-refractivity contribution < 1.29 is 9.47 Å². The van der Waals surface area contributed by atoms with Crippen LogP contribution >= 0.6 is 0 Å². The molecule has 2 aliphatic heterocycles. The molecule has 0 bridgehead atoms.